The van der Waals surface area contributed by atoms with E-state index >= 15 is 0 Å². The molecule has 0 spiro atoms. The van der Waals surface area contributed by atoms with Gasteiger partial charge in [-0.25, -0.2) is 0 Å². The van der Waals surface area contributed by atoms with Crippen LogP contribution in [0.15, 0.2) is 18.2 Å². The van der Waals surface area contributed by atoms with Crippen molar-refractivity contribution < 1.29 is 20.3 Å². The molecule has 14 heavy (non-hydrogen) atoms. The Kier molecular flexibility index (Phi) is 2.11. The minimum atomic E-state index is -1.65. The molecule has 0 fully saturated rings. The average molecular weight is 210 g/mol. The molecule has 6 heteroatoms. The summed E-state index contributed by atoms with van der Waals surface area (Å²) in [7, 11) is -1.65. The molecular formula is C8H7BO4S. The lowest BCUT2D eigenvalue weighted by molar-refractivity contribution is 0.425. The van der Waals surface area contributed by atoms with Crippen molar-refractivity contribution in [2.75, 3.05) is 0 Å². The molecule has 72 valence electrons. The van der Waals surface area contributed by atoms with Crippen LogP contribution < -0.4 is 5.46 Å². The van der Waals surface area contributed by atoms with Gasteiger partial charge >= 0.3 is 7.12 Å². The van der Waals surface area contributed by atoms with Crippen molar-refractivity contribution in [3.8, 4) is 10.8 Å². The van der Waals surface area contributed by atoms with E-state index in [0.29, 0.717) is 10.1 Å². The van der Waals surface area contributed by atoms with E-state index < -0.39 is 7.12 Å². The number of fused-ring (bicyclic) bond motifs is 1. The lowest BCUT2D eigenvalue weighted by atomic mass is 9.80. The fourth-order valence-corrected chi connectivity index (χ4v) is 2.25. The van der Waals surface area contributed by atoms with Crippen molar-refractivity contribution in [2.45, 2.75) is 0 Å². The van der Waals surface area contributed by atoms with Crippen molar-refractivity contribution in [1.82, 2.24) is 0 Å². The predicted molar refractivity (Wildman–Crippen MR) is 55.0 cm³/mol. The topological polar surface area (TPSA) is 80.9 Å². The van der Waals surface area contributed by atoms with Crippen molar-refractivity contribution in [2.24, 2.45) is 0 Å². The molecule has 0 amide bonds. The van der Waals surface area contributed by atoms with E-state index in [-0.39, 0.29) is 16.3 Å². The first-order valence-electron chi connectivity index (χ1n) is 3.89. The number of hydrogen-bond donors (Lipinski definition) is 4. The SMILES string of the molecule is OB(O)c1cc(O)cc2cc(O)sc12. The summed E-state index contributed by atoms with van der Waals surface area (Å²) in [6.45, 7) is 0. The summed E-state index contributed by atoms with van der Waals surface area (Å²) in [5.41, 5.74) is 0.199. The fourth-order valence-electron chi connectivity index (χ4n) is 1.34. The maximum Gasteiger partial charge on any atom is 0.490 e. The van der Waals surface area contributed by atoms with Crippen molar-refractivity contribution in [3.05, 3.63) is 18.2 Å². The molecule has 0 saturated carbocycles. The number of thiophene rings is 1. The average Bonchev–Trinajstić information content (AvgIpc) is 2.42. The molecule has 0 aliphatic rings. The molecule has 0 aliphatic carbocycles. The van der Waals surface area contributed by atoms with Gasteiger partial charge in [-0.3, -0.25) is 0 Å². The first kappa shape index (κ1) is 9.33. The molecule has 4 N–H and O–H groups in total. The smallest absolute Gasteiger partial charge is 0.490 e. The first-order chi connectivity index (χ1) is 6.58. The second-order valence-electron chi connectivity index (χ2n) is 2.91. The molecule has 2 rings (SSSR count). The second-order valence-corrected chi connectivity index (χ2v) is 3.94. The Hall–Kier alpha value is -1.24. The van der Waals surface area contributed by atoms with E-state index in [1.807, 2.05) is 0 Å². The van der Waals surface area contributed by atoms with E-state index in [1.165, 1.54) is 18.2 Å². The van der Waals surface area contributed by atoms with Gasteiger partial charge in [-0.05, 0) is 23.6 Å². The third-order valence-electron chi connectivity index (χ3n) is 1.89. The van der Waals surface area contributed by atoms with Crippen LogP contribution in [-0.2, 0) is 0 Å². The molecule has 0 bridgehead atoms. The highest BCUT2D eigenvalue weighted by molar-refractivity contribution is 7.22. The summed E-state index contributed by atoms with van der Waals surface area (Å²) in [5, 5.41) is 37.2. The fraction of sp³-hybridized carbons (Fsp3) is 0. The van der Waals surface area contributed by atoms with Crippen LogP contribution >= 0.6 is 11.3 Å². The Morgan fingerprint density at radius 2 is 1.79 bits per heavy atom. The molecule has 4 nitrogen and oxygen atoms in total. The van der Waals surface area contributed by atoms with Crippen LogP contribution in [-0.4, -0.2) is 27.4 Å². The maximum absolute atomic E-state index is 9.27. The summed E-state index contributed by atoms with van der Waals surface area (Å²) in [4.78, 5) is 0. The monoisotopic (exact) mass is 210 g/mol. The third-order valence-corrected chi connectivity index (χ3v) is 2.90. The minimum Gasteiger partial charge on any atom is -0.508 e. The van der Waals surface area contributed by atoms with Gasteiger partial charge in [-0.15, -0.1) is 0 Å². The summed E-state index contributed by atoms with van der Waals surface area (Å²) in [6, 6.07) is 4.19. The highest BCUT2D eigenvalue weighted by Crippen LogP contribution is 2.31. The van der Waals surface area contributed by atoms with Gasteiger partial charge in [0.25, 0.3) is 0 Å². The van der Waals surface area contributed by atoms with Crippen molar-refractivity contribution in [1.29, 1.82) is 0 Å². The van der Waals surface area contributed by atoms with Crippen molar-refractivity contribution in [3.63, 3.8) is 0 Å². The van der Waals surface area contributed by atoms with Gasteiger partial charge in [-0.2, -0.15) is 0 Å². The number of aromatic hydroxyl groups is 2. The third kappa shape index (κ3) is 1.43. The molecule has 2 aromatic rings. The molecule has 1 aromatic heterocycles. The van der Waals surface area contributed by atoms with Crippen LogP contribution in [0.1, 0.15) is 0 Å². The zero-order chi connectivity index (χ0) is 10.3. The maximum atomic E-state index is 9.27. The van der Waals surface area contributed by atoms with Crippen LogP contribution in [0.4, 0.5) is 0 Å². The minimum absolute atomic E-state index is 0.0570. The second kappa shape index (κ2) is 3.16. The Balaban J connectivity index is 2.79. The van der Waals surface area contributed by atoms with E-state index in [9.17, 15) is 10.2 Å². The molecule has 0 radical (unpaired) electrons. The zero-order valence-electron chi connectivity index (χ0n) is 7.01. The highest BCUT2D eigenvalue weighted by Gasteiger charge is 2.18. The van der Waals surface area contributed by atoms with E-state index in [1.54, 1.807) is 0 Å². The molecule has 0 unspecified atom stereocenters. The van der Waals surface area contributed by atoms with Crippen molar-refractivity contribution >= 4 is 34.0 Å². The summed E-state index contributed by atoms with van der Waals surface area (Å²) in [6.07, 6.45) is 0. The van der Waals surface area contributed by atoms with Gasteiger partial charge in [0.05, 0.1) is 0 Å². The van der Waals surface area contributed by atoms with Gasteiger partial charge in [0, 0.05) is 10.2 Å². The van der Waals surface area contributed by atoms with E-state index in [0.717, 1.165) is 11.3 Å². The number of hydrogen-bond acceptors (Lipinski definition) is 5. The van der Waals surface area contributed by atoms with Gasteiger partial charge < -0.3 is 20.3 Å². The van der Waals surface area contributed by atoms with Crippen LogP contribution in [0.3, 0.4) is 0 Å². The molecule has 1 heterocycles. The lowest BCUT2D eigenvalue weighted by Crippen LogP contribution is -2.29. The van der Waals surface area contributed by atoms with E-state index in [4.69, 9.17) is 10.0 Å². The summed E-state index contributed by atoms with van der Waals surface area (Å²) < 4.78 is 0.565. The number of rotatable bonds is 1. The number of benzene rings is 1. The van der Waals surface area contributed by atoms with Crippen LogP contribution in [0.5, 0.6) is 10.8 Å². The molecular weight excluding hydrogens is 203 g/mol. The Morgan fingerprint density at radius 1 is 1.07 bits per heavy atom. The van der Waals surface area contributed by atoms with Crippen LogP contribution in [0, 0.1) is 0 Å². The standard InChI is InChI=1S/C8H7BO4S/c10-5-1-4-2-7(11)14-8(4)6(3-5)9(12)13/h1-3,10-13H. The highest BCUT2D eigenvalue weighted by atomic mass is 32.1. The lowest BCUT2D eigenvalue weighted by Gasteiger charge is -2.01. The molecule has 0 saturated heterocycles. The largest absolute Gasteiger partial charge is 0.508 e. The Morgan fingerprint density at radius 3 is 2.43 bits per heavy atom. The molecule has 0 aliphatic heterocycles. The van der Waals surface area contributed by atoms with E-state index in [2.05, 4.69) is 0 Å². The van der Waals surface area contributed by atoms with Gasteiger partial charge in [0.2, 0.25) is 0 Å². The Labute approximate surface area is 83.8 Å². The van der Waals surface area contributed by atoms with Crippen LogP contribution in [0.2, 0.25) is 0 Å². The van der Waals surface area contributed by atoms with Gasteiger partial charge in [-0.1, -0.05) is 11.3 Å². The zero-order valence-corrected chi connectivity index (χ0v) is 7.82. The quantitative estimate of drug-likeness (QED) is 0.499. The Bertz CT molecular complexity index is 479. The summed E-state index contributed by atoms with van der Waals surface area (Å²) >= 11 is 1.04. The van der Waals surface area contributed by atoms with Gasteiger partial charge in [0.15, 0.2) is 5.06 Å². The van der Waals surface area contributed by atoms with Crippen LogP contribution in [0.25, 0.3) is 10.1 Å². The molecule has 1 aromatic carbocycles. The summed E-state index contributed by atoms with van der Waals surface area (Å²) in [5.74, 6) is -0.0570. The number of phenolic OH excluding ortho intramolecular Hbond substituents is 1. The van der Waals surface area contributed by atoms with Gasteiger partial charge in [0.1, 0.15) is 5.75 Å². The number of phenols is 1. The first-order valence-corrected chi connectivity index (χ1v) is 4.71. The molecule has 0 atom stereocenters. The normalized spacial score (nSPS) is 10.7. The predicted octanol–water partition coefficient (Wildman–Crippen LogP) is -0.00770.